The molecule has 2 aromatic rings. The van der Waals surface area contributed by atoms with Gasteiger partial charge in [0.25, 0.3) is 0 Å². The number of nitrogens with zero attached hydrogens (tertiary/aromatic N) is 1. The number of carbonyl (C=O) groups is 1. The number of esters is 1. The van der Waals surface area contributed by atoms with Crippen molar-refractivity contribution in [1.82, 2.24) is 0 Å². The van der Waals surface area contributed by atoms with Crippen LogP contribution >= 0.6 is 11.3 Å². The Morgan fingerprint density at radius 3 is 2.41 bits per heavy atom. The van der Waals surface area contributed by atoms with Crippen LogP contribution in [0.2, 0.25) is 0 Å². The number of hydrogen-bond donors (Lipinski definition) is 0. The van der Waals surface area contributed by atoms with E-state index in [1.165, 1.54) is 12.1 Å². The van der Waals surface area contributed by atoms with Gasteiger partial charge in [0, 0.05) is 6.07 Å². The zero-order valence-corrected chi connectivity index (χ0v) is 12.5. The van der Waals surface area contributed by atoms with Gasteiger partial charge in [-0.3, -0.25) is 10.1 Å². The van der Waals surface area contributed by atoms with Crippen LogP contribution in [0.15, 0.2) is 36.4 Å². The fraction of sp³-hybridized carbons (Fsp3) is 0.214. The zero-order valence-electron chi connectivity index (χ0n) is 11.7. The molecule has 0 fully saturated rings. The van der Waals surface area contributed by atoms with Crippen LogP contribution in [0.3, 0.4) is 0 Å². The summed E-state index contributed by atoms with van der Waals surface area (Å²) in [7, 11) is 1.57. The Balaban J connectivity index is 1.75. The van der Waals surface area contributed by atoms with Crippen molar-refractivity contribution in [2.75, 3.05) is 20.3 Å². The van der Waals surface area contributed by atoms with Crippen LogP contribution in [0.25, 0.3) is 0 Å². The summed E-state index contributed by atoms with van der Waals surface area (Å²) in [6, 6.07) is 9.63. The van der Waals surface area contributed by atoms with E-state index in [1.807, 2.05) is 0 Å². The van der Waals surface area contributed by atoms with Gasteiger partial charge in [0.2, 0.25) is 0 Å². The Labute approximate surface area is 130 Å². The Morgan fingerprint density at radius 2 is 1.82 bits per heavy atom. The molecule has 0 saturated heterocycles. The molecule has 0 amide bonds. The molecule has 0 atom stereocenters. The Kier molecular flexibility index (Phi) is 5.31. The lowest BCUT2D eigenvalue weighted by molar-refractivity contribution is -0.380. The molecule has 7 nitrogen and oxygen atoms in total. The minimum Gasteiger partial charge on any atom is -0.497 e. The second kappa shape index (κ2) is 7.41. The fourth-order valence-corrected chi connectivity index (χ4v) is 2.29. The van der Waals surface area contributed by atoms with E-state index in [1.54, 1.807) is 31.4 Å². The standard InChI is InChI=1S/C14H13NO6S/c1-19-10-2-4-11(5-3-10)20-8-9-21-14(16)12-6-7-13(22-12)15(17)18/h2-7H,8-9H2,1H3. The third kappa shape index (κ3) is 4.19. The van der Waals surface area contributed by atoms with Gasteiger partial charge in [-0.15, -0.1) is 0 Å². The molecule has 0 aliphatic rings. The molecule has 0 saturated carbocycles. The third-order valence-corrected chi connectivity index (χ3v) is 3.63. The topological polar surface area (TPSA) is 87.9 Å². The minimum absolute atomic E-state index is 0.0521. The molecule has 22 heavy (non-hydrogen) atoms. The first-order chi connectivity index (χ1) is 10.6. The van der Waals surface area contributed by atoms with Gasteiger partial charge in [-0.2, -0.15) is 0 Å². The first-order valence-corrected chi connectivity index (χ1v) is 7.10. The fourth-order valence-electron chi connectivity index (χ4n) is 1.57. The van der Waals surface area contributed by atoms with Crippen LogP contribution in [0.4, 0.5) is 5.00 Å². The van der Waals surface area contributed by atoms with E-state index < -0.39 is 10.9 Å². The van der Waals surface area contributed by atoms with Crippen molar-refractivity contribution in [3.63, 3.8) is 0 Å². The maximum absolute atomic E-state index is 11.7. The molecule has 2 rings (SSSR count). The van der Waals surface area contributed by atoms with Crippen LogP contribution in [0.1, 0.15) is 9.67 Å². The van der Waals surface area contributed by atoms with Gasteiger partial charge in [-0.05, 0) is 30.3 Å². The highest BCUT2D eigenvalue weighted by molar-refractivity contribution is 7.17. The predicted octanol–water partition coefficient (Wildman–Crippen LogP) is 2.90. The average molecular weight is 323 g/mol. The van der Waals surface area contributed by atoms with Crippen LogP contribution in [0, 0.1) is 10.1 Å². The van der Waals surface area contributed by atoms with Crippen molar-refractivity contribution in [3.8, 4) is 11.5 Å². The molecule has 0 aliphatic heterocycles. The first kappa shape index (κ1) is 15.8. The summed E-state index contributed by atoms with van der Waals surface area (Å²) in [5, 5.41) is 10.4. The van der Waals surface area contributed by atoms with Crippen LogP contribution < -0.4 is 9.47 Å². The van der Waals surface area contributed by atoms with Gasteiger partial charge < -0.3 is 14.2 Å². The number of hydrogen-bond acceptors (Lipinski definition) is 7. The number of ether oxygens (including phenoxy) is 3. The molecule has 1 aromatic carbocycles. The number of rotatable bonds is 7. The molecule has 8 heteroatoms. The van der Waals surface area contributed by atoms with Crippen molar-refractivity contribution in [2.45, 2.75) is 0 Å². The lowest BCUT2D eigenvalue weighted by Crippen LogP contribution is -2.11. The van der Waals surface area contributed by atoms with E-state index in [4.69, 9.17) is 14.2 Å². The van der Waals surface area contributed by atoms with E-state index in [9.17, 15) is 14.9 Å². The van der Waals surface area contributed by atoms with Crippen LogP contribution in [-0.4, -0.2) is 31.2 Å². The summed E-state index contributed by atoms with van der Waals surface area (Å²) in [5.41, 5.74) is 0. The lowest BCUT2D eigenvalue weighted by atomic mass is 10.3. The quantitative estimate of drug-likeness (QED) is 0.337. The molecule has 1 aromatic heterocycles. The van der Waals surface area contributed by atoms with Gasteiger partial charge in [0.05, 0.1) is 12.0 Å². The highest BCUT2D eigenvalue weighted by Gasteiger charge is 2.16. The SMILES string of the molecule is COc1ccc(OCCOC(=O)c2ccc([N+](=O)[O-])s2)cc1. The van der Waals surface area contributed by atoms with Gasteiger partial charge in [-0.1, -0.05) is 11.3 Å². The summed E-state index contributed by atoms with van der Waals surface area (Å²) >= 11 is 0.779. The largest absolute Gasteiger partial charge is 0.497 e. The summed E-state index contributed by atoms with van der Waals surface area (Å²) in [5.74, 6) is 0.748. The van der Waals surface area contributed by atoms with Crippen LogP contribution in [0.5, 0.6) is 11.5 Å². The maximum atomic E-state index is 11.7. The summed E-state index contributed by atoms with van der Waals surface area (Å²) < 4.78 is 15.4. The van der Waals surface area contributed by atoms with E-state index >= 15 is 0 Å². The second-order valence-corrected chi connectivity index (χ2v) is 5.12. The number of carbonyl (C=O) groups excluding carboxylic acids is 1. The number of thiophene rings is 1. The third-order valence-electron chi connectivity index (χ3n) is 2.62. The monoisotopic (exact) mass is 323 g/mol. The van der Waals surface area contributed by atoms with E-state index in [-0.39, 0.29) is 23.1 Å². The predicted molar refractivity (Wildman–Crippen MR) is 79.7 cm³/mol. The number of benzene rings is 1. The van der Waals surface area contributed by atoms with Gasteiger partial charge in [0.1, 0.15) is 29.6 Å². The Morgan fingerprint density at radius 1 is 1.14 bits per heavy atom. The van der Waals surface area contributed by atoms with E-state index in [0.29, 0.717) is 5.75 Å². The highest BCUT2D eigenvalue weighted by atomic mass is 32.1. The summed E-state index contributed by atoms with van der Waals surface area (Å²) in [6.45, 7) is 0.238. The van der Waals surface area contributed by atoms with Gasteiger partial charge in [0.15, 0.2) is 0 Å². The number of nitro groups is 1. The Hall–Kier alpha value is -2.61. The van der Waals surface area contributed by atoms with Crippen molar-refractivity contribution < 1.29 is 23.9 Å². The molecule has 0 spiro atoms. The molecule has 0 unspecified atom stereocenters. The molecular formula is C14H13NO6S. The molecular weight excluding hydrogens is 310 g/mol. The van der Waals surface area contributed by atoms with E-state index in [0.717, 1.165) is 17.1 Å². The van der Waals surface area contributed by atoms with Gasteiger partial charge >= 0.3 is 11.0 Å². The number of methoxy groups -OCH3 is 1. The molecule has 0 bridgehead atoms. The Bertz CT molecular complexity index is 652. The highest BCUT2D eigenvalue weighted by Crippen LogP contribution is 2.24. The molecule has 116 valence electrons. The summed E-state index contributed by atoms with van der Waals surface area (Å²) in [6.07, 6.45) is 0. The molecule has 1 heterocycles. The van der Waals surface area contributed by atoms with E-state index in [2.05, 4.69) is 0 Å². The van der Waals surface area contributed by atoms with Crippen molar-refractivity contribution in [3.05, 3.63) is 51.4 Å². The van der Waals surface area contributed by atoms with Crippen molar-refractivity contribution in [1.29, 1.82) is 0 Å². The van der Waals surface area contributed by atoms with Gasteiger partial charge in [-0.25, -0.2) is 4.79 Å². The van der Waals surface area contributed by atoms with Crippen molar-refractivity contribution in [2.24, 2.45) is 0 Å². The average Bonchev–Trinajstić information content (AvgIpc) is 3.02. The second-order valence-electron chi connectivity index (χ2n) is 4.05. The smallest absolute Gasteiger partial charge is 0.348 e. The van der Waals surface area contributed by atoms with Crippen LogP contribution in [-0.2, 0) is 4.74 Å². The first-order valence-electron chi connectivity index (χ1n) is 6.28. The maximum Gasteiger partial charge on any atom is 0.348 e. The molecule has 0 N–H and O–H groups in total. The molecule has 0 radical (unpaired) electrons. The zero-order chi connectivity index (χ0) is 15.9. The summed E-state index contributed by atoms with van der Waals surface area (Å²) in [4.78, 5) is 21.8. The normalized spacial score (nSPS) is 10.0. The molecule has 0 aliphatic carbocycles. The lowest BCUT2D eigenvalue weighted by Gasteiger charge is -2.07. The van der Waals surface area contributed by atoms with Crippen molar-refractivity contribution >= 4 is 22.3 Å². The minimum atomic E-state index is -0.601.